The summed E-state index contributed by atoms with van der Waals surface area (Å²) in [6.45, 7) is 4.21. The Morgan fingerprint density at radius 2 is 2.42 bits per heavy atom. The summed E-state index contributed by atoms with van der Waals surface area (Å²) in [7, 11) is 0. The molecule has 2 N–H and O–H groups in total. The van der Waals surface area contributed by atoms with Crippen molar-refractivity contribution in [3.63, 3.8) is 0 Å². The van der Waals surface area contributed by atoms with Crippen molar-refractivity contribution in [2.75, 3.05) is 25.0 Å². The lowest BCUT2D eigenvalue weighted by Gasteiger charge is -2.11. The van der Waals surface area contributed by atoms with Gasteiger partial charge in [-0.15, -0.1) is 0 Å². The molecule has 1 amide bonds. The minimum atomic E-state index is -0.163. The maximum absolute atomic E-state index is 11.8. The van der Waals surface area contributed by atoms with Crippen LogP contribution in [0.2, 0.25) is 0 Å². The smallest absolute Gasteiger partial charge is 0.270 e. The summed E-state index contributed by atoms with van der Waals surface area (Å²) in [5.41, 5.74) is 0.387. The maximum Gasteiger partial charge on any atom is 0.270 e. The Hall–Kier alpha value is -1.69. The number of nitrogens with one attached hydrogen (secondary N) is 2. The van der Waals surface area contributed by atoms with Crippen molar-refractivity contribution in [3.8, 4) is 0 Å². The Balaban J connectivity index is 1.88. The lowest BCUT2D eigenvalue weighted by atomic mass is 10.2. The Morgan fingerprint density at radius 3 is 3.16 bits per heavy atom. The fraction of sp³-hybridized carbons (Fsp3) is 0.615. The van der Waals surface area contributed by atoms with E-state index in [1.165, 1.54) is 6.33 Å². The number of aromatic nitrogens is 2. The van der Waals surface area contributed by atoms with E-state index in [9.17, 15) is 4.79 Å². The van der Waals surface area contributed by atoms with Crippen LogP contribution in [0.25, 0.3) is 0 Å². The lowest BCUT2D eigenvalue weighted by molar-refractivity contribution is 0.0948. The minimum absolute atomic E-state index is 0.163. The molecule has 0 spiro atoms. The topological polar surface area (TPSA) is 76.1 Å². The highest BCUT2D eigenvalue weighted by molar-refractivity contribution is 5.92. The van der Waals surface area contributed by atoms with E-state index in [1.807, 2.05) is 6.92 Å². The van der Waals surface area contributed by atoms with E-state index in [1.54, 1.807) is 6.07 Å². The first-order chi connectivity index (χ1) is 9.29. The number of rotatable bonds is 6. The average molecular weight is 264 g/mol. The van der Waals surface area contributed by atoms with Crippen LogP contribution in [0.5, 0.6) is 0 Å². The molecule has 0 radical (unpaired) electrons. The summed E-state index contributed by atoms with van der Waals surface area (Å²) >= 11 is 0. The Bertz CT molecular complexity index is 419. The third kappa shape index (κ3) is 4.17. The van der Waals surface area contributed by atoms with E-state index in [0.29, 0.717) is 24.6 Å². The fourth-order valence-corrected chi connectivity index (χ4v) is 1.93. The van der Waals surface area contributed by atoms with Gasteiger partial charge in [0.15, 0.2) is 0 Å². The molecule has 1 fully saturated rings. The second-order valence-corrected chi connectivity index (χ2v) is 4.56. The normalized spacial score (nSPS) is 18.3. The molecule has 1 saturated heterocycles. The molecule has 6 nitrogen and oxygen atoms in total. The van der Waals surface area contributed by atoms with Gasteiger partial charge in [-0.2, -0.15) is 0 Å². The number of ether oxygens (including phenoxy) is 1. The predicted molar refractivity (Wildman–Crippen MR) is 72.1 cm³/mol. The van der Waals surface area contributed by atoms with E-state index >= 15 is 0 Å². The molecule has 1 aliphatic rings. The van der Waals surface area contributed by atoms with Crippen LogP contribution in [0.4, 0.5) is 5.82 Å². The van der Waals surface area contributed by atoms with Crippen LogP contribution in [0.15, 0.2) is 12.4 Å². The second-order valence-electron chi connectivity index (χ2n) is 4.56. The number of nitrogens with zero attached hydrogens (tertiary/aromatic N) is 2. The molecular weight excluding hydrogens is 244 g/mol. The van der Waals surface area contributed by atoms with Crippen LogP contribution < -0.4 is 10.6 Å². The fourth-order valence-electron chi connectivity index (χ4n) is 1.93. The highest BCUT2D eigenvalue weighted by atomic mass is 16.5. The van der Waals surface area contributed by atoms with Crippen LogP contribution in [-0.2, 0) is 4.74 Å². The first-order valence-corrected chi connectivity index (χ1v) is 6.75. The molecule has 1 aromatic rings. The molecule has 0 saturated carbocycles. The van der Waals surface area contributed by atoms with Gasteiger partial charge < -0.3 is 15.4 Å². The Kier molecular flexibility index (Phi) is 5.09. The molecule has 1 aromatic heterocycles. The minimum Gasteiger partial charge on any atom is -0.376 e. The summed E-state index contributed by atoms with van der Waals surface area (Å²) in [6, 6.07) is 1.67. The summed E-state index contributed by atoms with van der Waals surface area (Å²) in [6.07, 6.45) is 4.73. The lowest BCUT2D eigenvalue weighted by Crippen LogP contribution is -2.25. The van der Waals surface area contributed by atoms with Gasteiger partial charge in [0.1, 0.15) is 17.8 Å². The zero-order chi connectivity index (χ0) is 13.5. The predicted octanol–water partition coefficient (Wildman–Crippen LogP) is 1.21. The zero-order valence-electron chi connectivity index (χ0n) is 11.2. The number of carbonyl (C=O) groups is 1. The van der Waals surface area contributed by atoms with Crippen molar-refractivity contribution in [3.05, 3.63) is 18.1 Å². The van der Waals surface area contributed by atoms with Crippen LogP contribution >= 0.6 is 0 Å². The summed E-state index contributed by atoms with van der Waals surface area (Å²) < 4.78 is 5.52. The SMILES string of the molecule is CCCNC(=O)c1cc(NCC2CCCO2)ncn1. The van der Waals surface area contributed by atoms with Crippen molar-refractivity contribution in [1.29, 1.82) is 0 Å². The van der Waals surface area contributed by atoms with Gasteiger partial charge in [-0.25, -0.2) is 9.97 Å². The van der Waals surface area contributed by atoms with Crippen LogP contribution in [0.3, 0.4) is 0 Å². The molecule has 2 rings (SSSR count). The van der Waals surface area contributed by atoms with Gasteiger partial charge in [0.25, 0.3) is 5.91 Å². The van der Waals surface area contributed by atoms with Gasteiger partial charge in [-0.05, 0) is 19.3 Å². The quantitative estimate of drug-likeness (QED) is 0.807. The van der Waals surface area contributed by atoms with Gasteiger partial charge in [0, 0.05) is 25.8 Å². The van der Waals surface area contributed by atoms with Crippen LogP contribution in [0, 0.1) is 0 Å². The molecule has 1 aliphatic heterocycles. The van der Waals surface area contributed by atoms with Gasteiger partial charge in [-0.1, -0.05) is 6.92 Å². The molecule has 104 valence electrons. The Labute approximate surface area is 113 Å². The standard InChI is InChI=1S/C13H20N4O2/c1-2-5-14-13(18)11-7-12(17-9-16-11)15-8-10-4-3-6-19-10/h7,9-10H,2-6,8H2,1H3,(H,14,18)(H,15,16,17). The molecule has 2 heterocycles. The number of amides is 1. The van der Waals surface area contributed by atoms with Crippen molar-refractivity contribution < 1.29 is 9.53 Å². The summed E-state index contributed by atoms with van der Waals surface area (Å²) in [4.78, 5) is 19.8. The largest absolute Gasteiger partial charge is 0.376 e. The maximum atomic E-state index is 11.8. The van der Waals surface area contributed by atoms with E-state index in [-0.39, 0.29) is 12.0 Å². The first kappa shape index (κ1) is 13.7. The molecule has 0 bridgehead atoms. The van der Waals surface area contributed by atoms with Crippen LogP contribution in [0.1, 0.15) is 36.7 Å². The molecule has 1 unspecified atom stereocenters. The zero-order valence-corrected chi connectivity index (χ0v) is 11.2. The van der Waals surface area contributed by atoms with Gasteiger partial charge >= 0.3 is 0 Å². The average Bonchev–Trinajstić information content (AvgIpc) is 2.96. The van der Waals surface area contributed by atoms with Crippen molar-refractivity contribution >= 4 is 11.7 Å². The molecule has 0 aliphatic carbocycles. The Morgan fingerprint density at radius 1 is 1.53 bits per heavy atom. The molecule has 1 atom stereocenters. The van der Waals surface area contributed by atoms with Crippen molar-refractivity contribution in [1.82, 2.24) is 15.3 Å². The van der Waals surface area contributed by atoms with E-state index in [0.717, 1.165) is 25.9 Å². The molecule has 19 heavy (non-hydrogen) atoms. The highest BCUT2D eigenvalue weighted by Crippen LogP contribution is 2.13. The van der Waals surface area contributed by atoms with Gasteiger partial charge in [0.05, 0.1) is 6.10 Å². The molecular formula is C13H20N4O2. The van der Waals surface area contributed by atoms with Crippen LogP contribution in [-0.4, -0.2) is 41.7 Å². The number of hydrogen-bond acceptors (Lipinski definition) is 5. The van der Waals surface area contributed by atoms with Crippen molar-refractivity contribution in [2.24, 2.45) is 0 Å². The monoisotopic (exact) mass is 264 g/mol. The number of hydrogen-bond donors (Lipinski definition) is 2. The van der Waals surface area contributed by atoms with Crippen molar-refractivity contribution in [2.45, 2.75) is 32.3 Å². The van der Waals surface area contributed by atoms with Gasteiger partial charge in [-0.3, -0.25) is 4.79 Å². The summed E-state index contributed by atoms with van der Waals surface area (Å²) in [5, 5.41) is 5.97. The third-order valence-electron chi connectivity index (χ3n) is 2.97. The number of anilines is 1. The highest BCUT2D eigenvalue weighted by Gasteiger charge is 2.15. The first-order valence-electron chi connectivity index (χ1n) is 6.75. The summed E-state index contributed by atoms with van der Waals surface area (Å²) in [5.74, 6) is 0.497. The van der Waals surface area contributed by atoms with E-state index < -0.39 is 0 Å². The third-order valence-corrected chi connectivity index (χ3v) is 2.97. The van der Waals surface area contributed by atoms with Gasteiger partial charge in [0.2, 0.25) is 0 Å². The number of carbonyl (C=O) groups excluding carboxylic acids is 1. The van der Waals surface area contributed by atoms with E-state index in [2.05, 4.69) is 20.6 Å². The molecule has 6 heteroatoms. The second kappa shape index (κ2) is 7.04. The van der Waals surface area contributed by atoms with E-state index in [4.69, 9.17) is 4.74 Å². The molecule has 0 aromatic carbocycles.